The zero-order chi connectivity index (χ0) is 20.9. The number of aromatic nitrogens is 2. The topological polar surface area (TPSA) is 105 Å². The summed E-state index contributed by atoms with van der Waals surface area (Å²) in [7, 11) is 3.12. The average molecular weight is 409 g/mol. The van der Waals surface area contributed by atoms with E-state index in [1.54, 1.807) is 50.6 Å². The Hall–Kier alpha value is -4.01. The minimum absolute atomic E-state index is 0.0930. The number of benzene rings is 2. The summed E-state index contributed by atoms with van der Waals surface area (Å²) >= 11 is 0. The van der Waals surface area contributed by atoms with Gasteiger partial charge in [0.1, 0.15) is 11.5 Å². The summed E-state index contributed by atoms with van der Waals surface area (Å²) in [4.78, 5) is 16.4. The average Bonchev–Trinajstić information content (AvgIpc) is 3.44. The first kappa shape index (κ1) is 19.3. The molecule has 154 valence electrons. The molecule has 1 amide bonds. The van der Waals surface area contributed by atoms with Crippen LogP contribution in [0.2, 0.25) is 0 Å². The number of carbonyl (C=O) groups excluding carboxylic acids is 1. The highest BCUT2D eigenvalue weighted by Gasteiger charge is 2.15. The number of hydrogen-bond acceptors (Lipinski definition) is 8. The lowest BCUT2D eigenvalue weighted by Crippen LogP contribution is -2.20. The molecule has 1 aliphatic rings. The zero-order valence-electron chi connectivity index (χ0n) is 16.4. The quantitative estimate of drug-likeness (QED) is 0.594. The van der Waals surface area contributed by atoms with Crippen LogP contribution >= 0.6 is 0 Å². The van der Waals surface area contributed by atoms with Gasteiger partial charge in [-0.2, -0.15) is 4.98 Å². The van der Waals surface area contributed by atoms with Crippen molar-refractivity contribution in [3.8, 4) is 34.4 Å². The number of nitrogens with zero attached hydrogens (tertiary/aromatic N) is 2. The van der Waals surface area contributed by atoms with Crippen molar-refractivity contribution in [2.75, 3.05) is 21.0 Å². The monoisotopic (exact) mass is 409 g/mol. The van der Waals surface area contributed by atoms with E-state index in [4.69, 9.17) is 23.5 Å². The number of hydrogen-bond donors (Lipinski definition) is 1. The first-order valence-electron chi connectivity index (χ1n) is 9.07. The molecule has 30 heavy (non-hydrogen) atoms. The van der Waals surface area contributed by atoms with Gasteiger partial charge in [0.25, 0.3) is 0 Å². The van der Waals surface area contributed by atoms with Gasteiger partial charge in [0.2, 0.25) is 24.4 Å². The van der Waals surface area contributed by atoms with E-state index in [1.807, 2.05) is 6.07 Å². The molecule has 9 nitrogen and oxygen atoms in total. The summed E-state index contributed by atoms with van der Waals surface area (Å²) in [6, 6.07) is 10.7. The van der Waals surface area contributed by atoms with E-state index < -0.39 is 0 Å². The van der Waals surface area contributed by atoms with E-state index in [1.165, 1.54) is 6.08 Å². The fourth-order valence-electron chi connectivity index (χ4n) is 2.83. The van der Waals surface area contributed by atoms with Gasteiger partial charge in [0.05, 0.1) is 26.3 Å². The third-order valence-corrected chi connectivity index (χ3v) is 4.36. The molecule has 1 aromatic heterocycles. The molecule has 9 heteroatoms. The van der Waals surface area contributed by atoms with Crippen LogP contribution in [0.3, 0.4) is 0 Å². The minimum Gasteiger partial charge on any atom is -0.497 e. The van der Waals surface area contributed by atoms with Gasteiger partial charge in [-0.3, -0.25) is 4.79 Å². The second-order valence-electron chi connectivity index (χ2n) is 6.24. The number of nitrogens with one attached hydrogen (secondary N) is 1. The highest BCUT2D eigenvalue weighted by atomic mass is 16.7. The van der Waals surface area contributed by atoms with E-state index in [2.05, 4.69) is 15.5 Å². The van der Waals surface area contributed by atoms with E-state index in [0.29, 0.717) is 34.4 Å². The van der Waals surface area contributed by atoms with Gasteiger partial charge in [-0.05, 0) is 35.9 Å². The molecule has 1 aliphatic heterocycles. The Labute approximate surface area is 172 Å². The third-order valence-electron chi connectivity index (χ3n) is 4.36. The smallest absolute Gasteiger partial charge is 0.246 e. The van der Waals surface area contributed by atoms with Crippen molar-refractivity contribution in [3.63, 3.8) is 0 Å². The van der Waals surface area contributed by atoms with E-state index >= 15 is 0 Å². The Morgan fingerprint density at radius 1 is 1.13 bits per heavy atom. The van der Waals surface area contributed by atoms with E-state index in [9.17, 15) is 4.79 Å². The van der Waals surface area contributed by atoms with Crippen LogP contribution in [0, 0.1) is 0 Å². The summed E-state index contributed by atoms with van der Waals surface area (Å²) in [5.41, 5.74) is 1.48. The van der Waals surface area contributed by atoms with Crippen LogP contribution in [0.1, 0.15) is 11.5 Å². The van der Waals surface area contributed by atoms with Gasteiger partial charge in [0.15, 0.2) is 11.5 Å². The largest absolute Gasteiger partial charge is 0.497 e. The highest BCUT2D eigenvalue weighted by Crippen LogP contribution is 2.33. The van der Waals surface area contributed by atoms with E-state index in [0.717, 1.165) is 5.56 Å². The summed E-state index contributed by atoms with van der Waals surface area (Å²) < 4.78 is 26.3. The van der Waals surface area contributed by atoms with Gasteiger partial charge in [0, 0.05) is 12.1 Å². The number of ether oxygens (including phenoxy) is 4. The Kier molecular flexibility index (Phi) is 5.51. The molecule has 0 atom stereocenters. The van der Waals surface area contributed by atoms with Gasteiger partial charge in [-0.25, -0.2) is 0 Å². The summed E-state index contributed by atoms with van der Waals surface area (Å²) in [6.07, 6.45) is 3.10. The maximum atomic E-state index is 12.1. The number of carbonyl (C=O) groups is 1. The summed E-state index contributed by atoms with van der Waals surface area (Å²) in [5.74, 6) is 2.89. The second kappa shape index (κ2) is 8.56. The van der Waals surface area contributed by atoms with Crippen LogP contribution in [0.25, 0.3) is 17.5 Å². The van der Waals surface area contributed by atoms with Crippen molar-refractivity contribution in [1.29, 1.82) is 0 Å². The lowest BCUT2D eigenvalue weighted by atomic mass is 10.2. The molecule has 0 bridgehead atoms. The Bertz CT molecular complexity index is 1090. The van der Waals surface area contributed by atoms with Crippen LogP contribution in [0.15, 0.2) is 47.0 Å². The van der Waals surface area contributed by atoms with Crippen molar-refractivity contribution in [2.45, 2.75) is 6.54 Å². The predicted molar refractivity (Wildman–Crippen MR) is 106 cm³/mol. The Morgan fingerprint density at radius 2 is 2.00 bits per heavy atom. The molecular formula is C21H19N3O6. The van der Waals surface area contributed by atoms with Gasteiger partial charge >= 0.3 is 0 Å². The molecule has 2 heterocycles. The van der Waals surface area contributed by atoms with Crippen molar-refractivity contribution in [1.82, 2.24) is 15.5 Å². The molecule has 0 aliphatic carbocycles. The highest BCUT2D eigenvalue weighted by molar-refractivity contribution is 5.91. The lowest BCUT2D eigenvalue weighted by Gasteiger charge is -2.07. The molecule has 0 fully saturated rings. The standard InChI is InChI=1S/C21H19N3O6/c1-26-14-5-6-15(17(10-14)27-2)21-23-20(30-24-21)11-22-19(25)8-4-13-3-7-16-18(9-13)29-12-28-16/h3-10H,11-12H2,1-2H3,(H,22,25)/b8-4+. The number of rotatable bonds is 7. The fraction of sp³-hybridized carbons (Fsp3) is 0.190. The number of amides is 1. The molecule has 2 aromatic carbocycles. The fourth-order valence-corrected chi connectivity index (χ4v) is 2.83. The second-order valence-corrected chi connectivity index (χ2v) is 6.24. The van der Waals surface area contributed by atoms with Crippen molar-refractivity contribution in [2.24, 2.45) is 0 Å². The van der Waals surface area contributed by atoms with Crippen molar-refractivity contribution < 1.29 is 28.3 Å². The molecular weight excluding hydrogens is 390 g/mol. The Balaban J connectivity index is 1.37. The Morgan fingerprint density at radius 3 is 2.83 bits per heavy atom. The molecule has 0 unspecified atom stereocenters. The lowest BCUT2D eigenvalue weighted by molar-refractivity contribution is -0.116. The van der Waals surface area contributed by atoms with Crippen LogP contribution in [0.4, 0.5) is 0 Å². The molecule has 1 N–H and O–H groups in total. The first-order valence-corrected chi connectivity index (χ1v) is 9.07. The summed E-state index contributed by atoms with van der Waals surface area (Å²) in [5, 5.41) is 6.66. The molecule has 0 spiro atoms. The van der Waals surface area contributed by atoms with Crippen molar-refractivity contribution in [3.05, 3.63) is 53.9 Å². The van der Waals surface area contributed by atoms with E-state index in [-0.39, 0.29) is 25.1 Å². The number of methoxy groups -OCH3 is 2. The maximum absolute atomic E-state index is 12.1. The normalized spacial score (nSPS) is 12.2. The third kappa shape index (κ3) is 4.19. The zero-order valence-corrected chi connectivity index (χ0v) is 16.4. The van der Waals surface area contributed by atoms with Crippen LogP contribution in [-0.2, 0) is 11.3 Å². The van der Waals surface area contributed by atoms with Crippen LogP contribution in [0.5, 0.6) is 23.0 Å². The van der Waals surface area contributed by atoms with Gasteiger partial charge < -0.3 is 28.8 Å². The van der Waals surface area contributed by atoms with Gasteiger partial charge in [-0.1, -0.05) is 11.2 Å². The number of fused-ring (bicyclic) bond motifs is 1. The molecule has 0 radical (unpaired) electrons. The summed E-state index contributed by atoms with van der Waals surface area (Å²) in [6.45, 7) is 0.299. The first-order chi connectivity index (χ1) is 14.7. The maximum Gasteiger partial charge on any atom is 0.246 e. The minimum atomic E-state index is -0.297. The van der Waals surface area contributed by atoms with Crippen LogP contribution in [-0.4, -0.2) is 37.1 Å². The molecule has 3 aromatic rings. The SMILES string of the molecule is COc1ccc(-c2noc(CNC(=O)/C=C/c3ccc4c(c3)OCO4)n2)c(OC)c1. The van der Waals surface area contributed by atoms with Gasteiger partial charge in [-0.15, -0.1) is 0 Å². The van der Waals surface area contributed by atoms with Crippen molar-refractivity contribution >= 4 is 12.0 Å². The molecule has 4 rings (SSSR count). The molecule has 0 saturated carbocycles. The predicted octanol–water partition coefficient (Wildman–Crippen LogP) is 2.81. The van der Waals surface area contributed by atoms with Crippen LogP contribution < -0.4 is 24.3 Å². The molecule has 0 saturated heterocycles.